The highest BCUT2D eigenvalue weighted by Crippen LogP contribution is 2.45. The molecule has 0 radical (unpaired) electrons. The Hall–Kier alpha value is -0.720. The van der Waals surface area contributed by atoms with Crippen molar-refractivity contribution in [1.82, 2.24) is 4.57 Å². The summed E-state index contributed by atoms with van der Waals surface area (Å²) in [6, 6.07) is 0. The van der Waals surface area contributed by atoms with E-state index in [0.717, 1.165) is 0 Å². The van der Waals surface area contributed by atoms with E-state index in [4.69, 9.17) is 0 Å². The van der Waals surface area contributed by atoms with Gasteiger partial charge in [-0.15, -0.1) is 0 Å². The van der Waals surface area contributed by atoms with Gasteiger partial charge in [-0.1, -0.05) is 62.3 Å². The molecule has 0 unspecified atom stereocenters. The van der Waals surface area contributed by atoms with Gasteiger partial charge in [-0.05, 0) is 44.2 Å². The van der Waals surface area contributed by atoms with Crippen LogP contribution in [0, 0.1) is 6.92 Å². The quantitative estimate of drug-likeness (QED) is 0.519. The predicted octanol–water partition coefficient (Wildman–Crippen LogP) is 6.44. The normalized spacial score (nSPS) is 14.6. The lowest BCUT2D eigenvalue weighted by atomic mass is 9.77. The summed E-state index contributed by atoms with van der Waals surface area (Å²) in [5.41, 5.74) is 6.54. The van der Waals surface area contributed by atoms with Crippen LogP contribution in [0.25, 0.3) is 0 Å². The Balaban J connectivity index is 4.11. The van der Waals surface area contributed by atoms with Crippen molar-refractivity contribution in [2.24, 2.45) is 0 Å². The highest BCUT2D eigenvalue weighted by molar-refractivity contribution is 5.48. The van der Waals surface area contributed by atoms with Gasteiger partial charge in [0.05, 0.1) is 0 Å². The summed E-state index contributed by atoms with van der Waals surface area (Å²) in [5, 5.41) is 0. The van der Waals surface area contributed by atoms with Crippen LogP contribution in [0.5, 0.6) is 0 Å². The lowest BCUT2D eigenvalue weighted by Crippen LogP contribution is -2.34. The van der Waals surface area contributed by atoms with E-state index in [2.05, 4.69) is 94.6 Å². The molecule has 0 saturated carbocycles. The van der Waals surface area contributed by atoms with Gasteiger partial charge in [0.15, 0.2) is 0 Å². The second-order valence-electron chi connectivity index (χ2n) is 11.0. The van der Waals surface area contributed by atoms with Gasteiger partial charge in [-0.3, -0.25) is 0 Å². The van der Waals surface area contributed by atoms with Gasteiger partial charge in [0.2, 0.25) is 0 Å². The van der Waals surface area contributed by atoms with Crippen LogP contribution >= 0.6 is 0 Å². The Labute approximate surface area is 139 Å². The molecule has 0 fully saturated rings. The van der Waals surface area contributed by atoms with Crippen LogP contribution in [0.2, 0.25) is 0 Å². The molecular formula is C21H39N. The van der Waals surface area contributed by atoms with E-state index in [1.54, 1.807) is 5.56 Å². The van der Waals surface area contributed by atoms with Crippen molar-refractivity contribution in [3.05, 3.63) is 22.5 Å². The molecule has 0 aliphatic rings. The van der Waals surface area contributed by atoms with Gasteiger partial charge < -0.3 is 4.57 Å². The van der Waals surface area contributed by atoms with Gasteiger partial charge >= 0.3 is 0 Å². The third-order valence-corrected chi connectivity index (χ3v) is 4.26. The standard InChI is InChI=1S/C21H39N/c1-14-15(18(2,3)4)17(20(8,9)10)22(21(11,12)13)16(14)19(5,6)7/h1-13H3. The van der Waals surface area contributed by atoms with E-state index in [-0.39, 0.29) is 21.8 Å². The van der Waals surface area contributed by atoms with E-state index in [0.29, 0.717) is 0 Å². The van der Waals surface area contributed by atoms with E-state index >= 15 is 0 Å². The molecule has 0 saturated heterocycles. The molecule has 0 aliphatic carbocycles. The minimum absolute atomic E-state index is 0.0828. The molecule has 0 aliphatic heterocycles. The van der Waals surface area contributed by atoms with Crippen LogP contribution in [-0.4, -0.2) is 4.57 Å². The molecule has 1 aromatic heterocycles. The monoisotopic (exact) mass is 305 g/mol. The average Bonchev–Trinajstić information content (AvgIpc) is 2.48. The van der Waals surface area contributed by atoms with E-state index in [9.17, 15) is 0 Å². The third kappa shape index (κ3) is 3.44. The van der Waals surface area contributed by atoms with Crippen molar-refractivity contribution in [3.63, 3.8) is 0 Å². The number of hydrogen-bond donors (Lipinski definition) is 0. The Morgan fingerprint density at radius 1 is 0.545 bits per heavy atom. The Morgan fingerprint density at radius 2 is 0.909 bits per heavy atom. The van der Waals surface area contributed by atoms with Crippen LogP contribution in [0.15, 0.2) is 0 Å². The fourth-order valence-electron chi connectivity index (χ4n) is 3.88. The molecule has 1 nitrogen and oxygen atoms in total. The van der Waals surface area contributed by atoms with Crippen molar-refractivity contribution < 1.29 is 0 Å². The molecule has 0 bridgehead atoms. The first kappa shape index (κ1) is 19.3. The summed E-state index contributed by atoms with van der Waals surface area (Å²) < 4.78 is 2.64. The highest BCUT2D eigenvalue weighted by Gasteiger charge is 2.39. The average molecular weight is 306 g/mol. The summed E-state index contributed by atoms with van der Waals surface area (Å²) in [7, 11) is 0. The fraction of sp³-hybridized carbons (Fsp3) is 0.810. The number of aromatic nitrogens is 1. The summed E-state index contributed by atoms with van der Waals surface area (Å²) in [6.07, 6.45) is 0. The summed E-state index contributed by atoms with van der Waals surface area (Å²) in [5.74, 6) is 0. The van der Waals surface area contributed by atoms with Crippen molar-refractivity contribution in [1.29, 1.82) is 0 Å². The van der Waals surface area contributed by atoms with Crippen LogP contribution in [0.3, 0.4) is 0 Å². The molecule has 1 heteroatoms. The first-order valence-electron chi connectivity index (χ1n) is 8.67. The highest BCUT2D eigenvalue weighted by atomic mass is 15.1. The Bertz CT molecular complexity index is 494. The maximum Gasteiger partial charge on any atom is 0.0361 e. The largest absolute Gasteiger partial charge is 0.342 e. The molecular weight excluding hydrogens is 266 g/mol. The molecule has 22 heavy (non-hydrogen) atoms. The SMILES string of the molecule is Cc1c(C(C)(C)C)c(C(C)(C)C)n(C(C)(C)C)c1C(C)(C)C. The third-order valence-electron chi connectivity index (χ3n) is 4.26. The molecule has 1 rings (SSSR count). The Kier molecular flexibility index (Phi) is 4.52. The van der Waals surface area contributed by atoms with Crippen LogP contribution in [0.1, 0.15) is 106 Å². The minimum atomic E-state index is 0.0828. The van der Waals surface area contributed by atoms with Gasteiger partial charge in [-0.25, -0.2) is 0 Å². The van der Waals surface area contributed by atoms with Crippen LogP contribution in [0.4, 0.5) is 0 Å². The molecule has 0 atom stereocenters. The van der Waals surface area contributed by atoms with Crippen molar-refractivity contribution >= 4 is 0 Å². The van der Waals surface area contributed by atoms with Gasteiger partial charge in [0.25, 0.3) is 0 Å². The van der Waals surface area contributed by atoms with E-state index in [1.165, 1.54) is 17.0 Å². The molecule has 128 valence electrons. The van der Waals surface area contributed by atoms with Gasteiger partial charge in [0, 0.05) is 27.8 Å². The topological polar surface area (TPSA) is 4.93 Å². The second kappa shape index (κ2) is 5.14. The van der Waals surface area contributed by atoms with Gasteiger partial charge in [-0.2, -0.15) is 0 Å². The first-order chi connectivity index (χ1) is 9.40. The summed E-state index contributed by atoms with van der Waals surface area (Å²) in [6.45, 7) is 30.5. The van der Waals surface area contributed by atoms with Crippen molar-refractivity contribution in [3.8, 4) is 0 Å². The maximum absolute atomic E-state index is 2.64. The number of nitrogens with zero attached hydrogens (tertiary/aromatic N) is 1. The molecule has 0 amide bonds. The lowest BCUT2D eigenvalue weighted by molar-refractivity contribution is 0.327. The number of hydrogen-bond acceptors (Lipinski definition) is 0. The minimum Gasteiger partial charge on any atom is -0.342 e. The maximum atomic E-state index is 2.64. The van der Waals surface area contributed by atoms with Gasteiger partial charge in [0.1, 0.15) is 0 Å². The molecule has 0 spiro atoms. The van der Waals surface area contributed by atoms with Crippen LogP contribution < -0.4 is 0 Å². The summed E-state index contributed by atoms with van der Waals surface area (Å²) in [4.78, 5) is 0. The van der Waals surface area contributed by atoms with E-state index in [1.807, 2.05) is 0 Å². The zero-order chi connectivity index (χ0) is 17.9. The molecule has 0 aromatic carbocycles. The first-order valence-corrected chi connectivity index (χ1v) is 8.67. The molecule has 1 aromatic rings. The fourth-order valence-corrected chi connectivity index (χ4v) is 3.88. The van der Waals surface area contributed by atoms with E-state index < -0.39 is 0 Å². The second-order valence-corrected chi connectivity index (χ2v) is 11.0. The summed E-state index contributed by atoms with van der Waals surface area (Å²) >= 11 is 0. The number of rotatable bonds is 0. The zero-order valence-corrected chi connectivity index (χ0v) is 17.4. The Morgan fingerprint density at radius 3 is 1.14 bits per heavy atom. The lowest BCUT2D eigenvalue weighted by Gasteiger charge is -2.37. The van der Waals surface area contributed by atoms with Crippen molar-refractivity contribution in [2.45, 2.75) is 112 Å². The smallest absolute Gasteiger partial charge is 0.0361 e. The zero-order valence-electron chi connectivity index (χ0n) is 17.4. The molecule has 0 N–H and O–H groups in total. The van der Waals surface area contributed by atoms with Crippen molar-refractivity contribution in [2.75, 3.05) is 0 Å². The van der Waals surface area contributed by atoms with Crippen LogP contribution in [-0.2, 0) is 21.8 Å². The predicted molar refractivity (Wildman–Crippen MR) is 100 cm³/mol. The molecule has 1 heterocycles.